The van der Waals surface area contributed by atoms with Crippen molar-refractivity contribution in [2.45, 2.75) is 19.9 Å². The number of aromatic nitrogens is 1. The van der Waals surface area contributed by atoms with Crippen molar-refractivity contribution in [3.63, 3.8) is 0 Å². The lowest BCUT2D eigenvalue weighted by Gasteiger charge is -2.14. The van der Waals surface area contributed by atoms with Crippen molar-refractivity contribution in [3.05, 3.63) is 45.9 Å². The van der Waals surface area contributed by atoms with E-state index in [9.17, 15) is 4.79 Å². The number of nitrogen functional groups attached to an aromatic ring is 1. The van der Waals surface area contributed by atoms with E-state index < -0.39 is 0 Å². The van der Waals surface area contributed by atoms with E-state index in [-0.39, 0.29) is 11.9 Å². The summed E-state index contributed by atoms with van der Waals surface area (Å²) in [5.41, 5.74) is 5.42. The molecule has 4 N–H and O–H groups in total. The molecule has 6 heteroatoms. The van der Waals surface area contributed by atoms with Crippen LogP contribution in [0.4, 0.5) is 5.69 Å². The maximum Gasteiger partial charge on any atom is 0.255 e. The van der Waals surface area contributed by atoms with Gasteiger partial charge in [-0.1, -0.05) is 0 Å². The smallest absolute Gasteiger partial charge is 0.255 e. The van der Waals surface area contributed by atoms with Gasteiger partial charge in [0.2, 0.25) is 0 Å². The lowest BCUT2D eigenvalue weighted by Crippen LogP contribution is -2.28. The summed E-state index contributed by atoms with van der Waals surface area (Å²) in [4.78, 5) is 16.3. The first kappa shape index (κ1) is 13.5. The minimum atomic E-state index is -0.195. The molecule has 0 spiro atoms. The van der Waals surface area contributed by atoms with Crippen LogP contribution in [-0.4, -0.2) is 10.9 Å². The van der Waals surface area contributed by atoms with Gasteiger partial charge < -0.3 is 10.7 Å². The third kappa shape index (κ3) is 3.10. The molecule has 2 aromatic rings. The predicted octanol–water partition coefficient (Wildman–Crippen LogP) is 2.23. The number of nitrogens with two attached hydrogens (primary N) is 1. The van der Waals surface area contributed by atoms with E-state index in [1.165, 1.54) is 6.20 Å². The Balaban J connectivity index is 2.16. The number of anilines is 1. The zero-order chi connectivity index (χ0) is 13.8. The number of carbonyl (C=O) groups is 1. The van der Waals surface area contributed by atoms with Gasteiger partial charge in [0.1, 0.15) is 0 Å². The Morgan fingerprint density at radius 3 is 2.95 bits per heavy atom. The molecule has 0 aliphatic carbocycles. The van der Waals surface area contributed by atoms with Crippen LogP contribution in [0.3, 0.4) is 0 Å². The van der Waals surface area contributed by atoms with Crippen LogP contribution in [0, 0.1) is 6.92 Å². The average Bonchev–Trinajstić information content (AvgIpc) is 2.92. The van der Waals surface area contributed by atoms with Gasteiger partial charge in [0.15, 0.2) is 0 Å². The van der Waals surface area contributed by atoms with Crippen LogP contribution in [-0.2, 0) is 0 Å². The van der Waals surface area contributed by atoms with Gasteiger partial charge >= 0.3 is 0 Å². The Hall–Kier alpha value is -1.92. The zero-order valence-corrected chi connectivity index (χ0v) is 11.6. The van der Waals surface area contributed by atoms with E-state index in [4.69, 9.17) is 5.84 Å². The SMILES string of the molecule is Cc1cc(NN)c(C(=O)NC(C)c2ccsc2)cn1. The zero-order valence-electron chi connectivity index (χ0n) is 10.8. The molecule has 100 valence electrons. The van der Waals surface area contributed by atoms with Crippen molar-refractivity contribution in [2.75, 3.05) is 5.43 Å². The number of rotatable bonds is 4. The Labute approximate surface area is 115 Å². The van der Waals surface area contributed by atoms with Crippen LogP contribution in [0.25, 0.3) is 0 Å². The number of hydrogen-bond donors (Lipinski definition) is 3. The lowest BCUT2D eigenvalue weighted by molar-refractivity contribution is 0.0940. The molecule has 2 aromatic heterocycles. The summed E-state index contributed by atoms with van der Waals surface area (Å²) in [5, 5.41) is 6.92. The summed E-state index contributed by atoms with van der Waals surface area (Å²) >= 11 is 1.60. The number of aryl methyl sites for hydroxylation is 1. The highest BCUT2D eigenvalue weighted by Gasteiger charge is 2.15. The molecular formula is C13H16N4OS. The van der Waals surface area contributed by atoms with E-state index in [1.807, 2.05) is 30.7 Å². The molecule has 0 bridgehead atoms. The van der Waals surface area contributed by atoms with Crippen LogP contribution in [0.15, 0.2) is 29.1 Å². The van der Waals surface area contributed by atoms with Gasteiger partial charge in [0, 0.05) is 11.9 Å². The summed E-state index contributed by atoms with van der Waals surface area (Å²) in [6.07, 6.45) is 1.53. The number of hydrogen-bond acceptors (Lipinski definition) is 5. The monoisotopic (exact) mass is 276 g/mol. The highest BCUT2D eigenvalue weighted by Crippen LogP contribution is 2.18. The van der Waals surface area contributed by atoms with Crippen molar-refractivity contribution in [1.82, 2.24) is 10.3 Å². The summed E-state index contributed by atoms with van der Waals surface area (Å²) in [6, 6.07) is 3.68. The summed E-state index contributed by atoms with van der Waals surface area (Å²) in [7, 11) is 0. The molecule has 5 nitrogen and oxygen atoms in total. The van der Waals surface area contributed by atoms with E-state index in [0.717, 1.165) is 11.3 Å². The number of thiophene rings is 1. The molecule has 0 saturated carbocycles. The van der Waals surface area contributed by atoms with Crippen LogP contribution in [0.5, 0.6) is 0 Å². The van der Waals surface area contributed by atoms with Gasteiger partial charge in [-0.3, -0.25) is 15.6 Å². The maximum absolute atomic E-state index is 12.2. The van der Waals surface area contributed by atoms with Crippen LogP contribution in [0.1, 0.15) is 34.6 Å². The quantitative estimate of drug-likeness (QED) is 0.591. The fourth-order valence-corrected chi connectivity index (χ4v) is 2.49. The van der Waals surface area contributed by atoms with Gasteiger partial charge in [-0.25, -0.2) is 0 Å². The molecule has 2 rings (SSSR count). The number of carbonyl (C=O) groups excluding carboxylic acids is 1. The number of hydrazine groups is 1. The second-order valence-electron chi connectivity index (χ2n) is 4.27. The molecular weight excluding hydrogens is 260 g/mol. The molecule has 1 atom stereocenters. The molecule has 0 aliphatic heterocycles. The third-order valence-corrected chi connectivity index (χ3v) is 3.53. The summed E-state index contributed by atoms with van der Waals surface area (Å²) < 4.78 is 0. The Morgan fingerprint density at radius 1 is 1.53 bits per heavy atom. The molecule has 0 radical (unpaired) electrons. The van der Waals surface area contributed by atoms with E-state index in [2.05, 4.69) is 15.7 Å². The second kappa shape index (κ2) is 5.81. The lowest BCUT2D eigenvalue weighted by atomic mass is 10.1. The minimum Gasteiger partial charge on any atom is -0.345 e. The molecule has 19 heavy (non-hydrogen) atoms. The molecule has 1 amide bonds. The largest absolute Gasteiger partial charge is 0.345 e. The first-order chi connectivity index (χ1) is 9.11. The van der Waals surface area contributed by atoms with Crippen molar-refractivity contribution >= 4 is 22.9 Å². The van der Waals surface area contributed by atoms with Crippen LogP contribution in [0.2, 0.25) is 0 Å². The topological polar surface area (TPSA) is 80.0 Å². The van der Waals surface area contributed by atoms with E-state index >= 15 is 0 Å². The predicted molar refractivity (Wildman–Crippen MR) is 77.0 cm³/mol. The number of amides is 1. The van der Waals surface area contributed by atoms with Crippen molar-refractivity contribution in [2.24, 2.45) is 5.84 Å². The number of nitrogens with zero attached hydrogens (tertiary/aromatic N) is 1. The molecule has 2 heterocycles. The van der Waals surface area contributed by atoms with E-state index in [0.29, 0.717) is 11.3 Å². The molecule has 0 saturated heterocycles. The Kier molecular flexibility index (Phi) is 4.13. The fraction of sp³-hybridized carbons (Fsp3) is 0.231. The average molecular weight is 276 g/mol. The fourth-order valence-electron chi connectivity index (χ4n) is 1.74. The first-order valence-corrected chi connectivity index (χ1v) is 6.82. The van der Waals surface area contributed by atoms with Crippen molar-refractivity contribution < 1.29 is 4.79 Å². The molecule has 1 unspecified atom stereocenters. The maximum atomic E-state index is 12.2. The van der Waals surface area contributed by atoms with Crippen molar-refractivity contribution in [3.8, 4) is 0 Å². The van der Waals surface area contributed by atoms with Crippen molar-refractivity contribution in [1.29, 1.82) is 0 Å². The highest BCUT2D eigenvalue weighted by atomic mass is 32.1. The van der Waals surface area contributed by atoms with Crippen LogP contribution < -0.4 is 16.6 Å². The summed E-state index contributed by atoms with van der Waals surface area (Å²) in [5.74, 6) is 5.23. The Morgan fingerprint density at radius 2 is 2.32 bits per heavy atom. The standard InChI is InChI=1S/C13H16N4OS/c1-8-5-12(17-14)11(6-15-8)13(18)16-9(2)10-3-4-19-7-10/h3-7,9H,14H2,1-2H3,(H,15,17)(H,16,18). The third-order valence-electron chi connectivity index (χ3n) is 2.83. The van der Waals surface area contributed by atoms with Gasteiger partial charge in [0.25, 0.3) is 5.91 Å². The Bertz CT molecular complexity index is 568. The minimum absolute atomic E-state index is 0.0503. The molecule has 0 fully saturated rings. The van der Waals surface area contributed by atoms with Gasteiger partial charge in [-0.05, 0) is 42.3 Å². The van der Waals surface area contributed by atoms with Crippen LogP contribution >= 0.6 is 11.3 Å². The van der Waals surface area contributed by atoms with Gasteiger partial charge in [0.05, 0.1) is 17.3 Å². The van der Waals surface area contributed by atoms with Gasteiger partial charge in [-0.2, -0.15) is 11.3 Å². The summed E-state index contributed by atoms with van der Waals surface area (Å²) in [6.45, 7) is 3.79. The normalized spacial score (nSPS) is 11.9. The number of pyridine rings is 1. The molecule has 0 aliphatic rings. The van der Waals surface area contributed by atoms with E-state index in [1.54, 1.807) is 17.4 Å². The number of nitrogens with one attached hydrogen (secondary N) is 2. The highest BCUT2D eigenvalue weighted by molar-refractivity contribution is 7.07. The first-order valence-electron chi connectivity index (χ1n) is 5.88. The second-order valence-corrected chi connectivity index (χ2v) is 5.05. The molecule has 0 aromatic carbocycles. The van der Waals surface area contributed by atoms with Gasteiger partial charge in [-0.15, -0.1) is 0 Å².